The Balaban J connectivity index is 2.27. The van der Waals surface area contributed by atoms with E-state index < -0.39 is 5.60 Å². The van der Waals surface area contributed by atoms with Gasteiger partial charge in [0.05, 0.1) is 7.80 Å². The van der Waals surface area contributed by atoms with Crippen LogP contribution in [-0.2, 0) is 4.74 Å². The topological polar surface area (TPSA) is 26.3 Å². The Morgan fingerprint density at radius 3 is 2.56 bits per heavy atom. The van der Waals surface area contributed by atoms with Crippen LogP contribution in [0, 0.1) is 0 Å². The Kier molecular flexibility index (Phi) is 3.11. The van der Waals surface area contributed by atoms with Crippen LogP contribution in [0.15, 0.2) is 15.9 Å². The molecule has 0 radical (unpaired) electrons. The van der Waals surface area contributed by atoms with Gasteiger partial charge in [-0.15, -0.1) is 22.7 Å². The smallest absolute Gasteiger partial charge is 0.348 e. The number of esters is 1. The van der Waals surface area contributed by atoms with Crippen LogP contribution >= 0.6 is 38.6 Å². The van der Waals surface area contributed by atoms with Crippen molar-refractivity contribution in [2.45, 2.75) is 26.4 Å². The molecule has 0 amide bonds. The number of hydrogen-bond acceptors (Lipinski definition) is 4. The maximum absolute atomic E-state index is 11.8. The van der Waals surface area contributed by atoms with Crippen LogP contribution in [0.1, 0.15) is 30.4 Å². The fourth-order valence-corrected chi connectivity index (χ4v) is 4.34. The zero-order valence-electron chi connectivity index (χ0n) is 9.17. The number of rotatable bonds is 1. The molecule has 2 heterocycles. The van der Waals surface area contributed by atoms with Gasteiger partial charge in [-0.05, 0) is 48.8 Å². The fraction of sp³-hybridized carbons (Fsp3) is 0.364. The summed E-state index contributed by atoms with van der Waals surface area (Å²) in [6, 6.07) is 3.90. The molecule has 2 nitrogen and oxygen atoms in total. The molecule has 0 aliphatic carbocycles. The SMILES string of the molecule is CC(C)(C)OC(=O)c1cc2cc(Br)sc2s1. The highest BCUT2D eigenvalue weighted by atomic mass is 79.9. The number of hydrogen-bond donors (Lipinski definition) is 0. The molecule has 0 aliphatic heterocycles. The molecule has 5 heteroatoms. The standard InChI is InChI=1S/C11H11BrO2S2/c1-11(2,3)14-9(13)7-4-6-5-8(12)16-10(6)15-7/h4-5H,1-3H3. The summed E-state index contributed by atoms with van der Waals surface area (Å²) in [5.41, 5.74) is -0.435. The van der Waals surface area contributed by atoms with Crippen molar-refractivity contribution < 1.29 is 9.53 Å². The van der Waals surface area contributed by atoms with E-state index in [-0.39, 0.29) is 5.97 Å². The van der Waals surface area contributed by atoms with Crippen molar-refractivity contribution in [3.05, 3.63) is 20.8 Å². The first-order valence-electron chi connectivity index (χ1n) is 4.77. The summed E-state index contributed by atoms with van der Waals surface area (Å²) in [6.07, 6.45) is 0. The molecule has 0 unspecified atom stereocenters. The third-order valence-electron chi connectivity index (χ3n) is 1.78. The molecular formula is C11H11BrO2S2. The van der Waals surface area contributed by atoms with Gasteiger partial charge in [0, 0.05) is 5.39 Å². The highest BCUT2D eigenvalue weighted by molar-refractivity contribution is 9.11. The van der Waals surface area contributed by atoms with Crippen LogP contribution in [-0.4, -0.2) is 11.6 Å². The average molecular weight is 319 g/mol. The van der Waals surface area contributed by atoms with E-state index in [2.05, 4.69) is 15.9 Å². The molecule has 0 saturated carbocycles. The van der Waals surface area contributed by atoms with Gasteiger partial charge in [-0.1, -0.05) is 0 Å². The molecule has 86 valence electrons. The monoisotopic (exact) mass is 318 g/mol. The second-order valence-corrected chi connectivity index (χ2v) is 8.15. The minimum absolute atomic E-state index is 0.239. The van der Waals surface area contributed by atoms with E-state index in [4.69, 9.17) is 4.74 Å². The summed E-state index contributed by atoms with van der Waals surface area (Å²) < 4.78 is 7.55. The van der Waals surface area contributed by atoms with E-state index in [0.29, 0.717) is 4.88 Å². The number of thiophene rings is 2. The minimum atomic E-state index is -0.435. The molecule has 0 atom stereocenters. The Bertz CT molecular complexity index is 502. The Hall–Kier alpha value is -0.390. The Labute approximate surface area is 110 Å². The molecule has 0 aromatic carbocycles. The molecule has 0 N–H and O–H groups in total. The third-order valence-corrected chi connectivity index (χ3v) is 4.66. The minimum Gasteiger partial charge on any atom is -0.456 e. The molecule has 16 heavy (non-hydrogen) atoms. The van der Waals surface area contributed by atoms with Crippen molar-refractivity contribution >= 4 is 54.0 Å². The van der Waals surface area contributed by atoms with Gasteiger partial charge in [-0.3, -0.25) is 0 Å². The first-order valence-corrected chi connectivity index (χ1v) is 7.20. The first-order chi connectivity index (χ1) is 7.35. The van der Waals surface area contributed by atoms with Crippen molar-refractivity contribution in [1.29, 1.82) is 0 Å². The second kappa shape index (κ2) is 4.13. The van der Waals surface area contributed by atoms with Crippen LogP contribution in [0.3, 0.4) is 0 Å². The second-order valence-electron chi connectivity index (χ2n) is 4.41. The van der Waals surface area contributed by atoms with Gasteiger partial charge >= 0.3 is 5.97 Å². The van der Waals surface area contributed by atoms with Crippen molar-refractivity contribution in [1.82, 2.24) is 0 Å². The van der Waals surface area contributed by atoms with E-state index in [1.54, 1.807) is 11.3 Å². The predicted molar refractivity (Wildman–Crippen MR) is 72.6 cm³/mol. The van der Waals surface area contributed by atoms with Gasteiger partial charge in [0.1, 0.15) is 10.5 Å². The summed E-state index contributed by atoms with van der Waals surface area (Å²) in [7, 11) is 0. The fourth-order valence-electron chi connectivity index (χ4n) is 1.24. The lowest BCUT2D eigenvalue weighted by molar-refractivity contribution is 0.00753. The van der Waals surface area contributed by atoms with Crippen LogP contribution in [0.2, 0.25) is 0 Å². The zero-order chi connectivity index (χ0) is 11.9. The van der Waals surface area contributed by atoms with Gasteiger partial charge in [-0.25, -0.2) is 4.79 Å². The van der Waals surface area contributed by atoms with Crippen LogP contribution in [0.25, 0.3) is 9.40 Å². The van der Waals surface area contributed by atoms with Gasteiger partial charge < -0.3 is 4.74 Å². The highest BCUT2D eigenvalue weighted by Crippen LogP contribution is 2.36. The van der Waals surface area contributed by atoms with Crippen molar-refractivity contribution in [2.75, 3.05) is 0 Å². The number of carbonyl (C=O) groups excluding carboxylic acids is 1. The molecule has 0 saturated heterocycles. The van der Waals surface area contributed by atoms with Gasteiger partial charge in [0.25, 0.3) is 0 Å². The molecule has 2 aromatic rings. The van der Waals surface area contributed by atoms with Crippen molar-refractivity contribution in [3.63, 3.8) is 0 Å². The number of ether oxygens (including phenoxy) is 1. The summed E-state index contributed by atoms with van der Waals surface area (Å²) in [6.45, 7) is 5.62. The molecule has 0 fully saturated rings. The Morgan fingerprint density at radius 1 is 1.31 bits per heavy atom. The van der Waals surface area contributed by atoms with Crippen LogP contribution in [0.5, 0.6) is 0 Å². The number of fused-ring (bicyclic) bond motifs is 1. The lowest BCUT2D eigenvalue weighted by Gasteiger charge is -2.18. The lowest BCUT2D eigenvalue weighted by atomic mass is 10.2. The Morgan fingerprint density at radius 2 is 2.00 bits per heavy atom. The van der Waals surface area contributed by atoms with E-state index in [1.807, 2.05) is 32.9 Å². The zero-order valence-corrected chi connectivity index (χ0v) is 12.4. The molecule has 2 rings (SSSR count). The van der Waals surface area contributed by atoms with Crippen molar-refractivity contribution in [2.24, 2.45) is 0 Å². The summed E-state index contributed by atoms with van der Waals surface area (Å²) in [5, 5.41) is 1.10. The maximum atomic E-state index is 11.8. The van der Waals surface area contributed by atoms with Gasteiger partial charge in [0.2, 0.25) is 0 Å². The van der Waals surface area contributed by atoms with Crippen molar-refractivity contribution in [3.8, 4) is 0 Å². The quantitative estimate of drug-likeness (QED) is 0.713. The van der Waals surface area contributed by atoms with E-state index in [1.165, 1.54) is 11.3 Å². The van der Waals surface area contributed by atoms with Gasteiger partial charge in [-0.2, -0.15) is 0 Å². The summed E-state index contributed by atoms with van der Waals surface area (Å²) in [5.74, 6) is -0.239. The molecule has 0 bridgehead atoms. The average Bonchev–Trinajstić information content (AvgIpc) is 2.56. The number of carbonyl (C=O) groups is 1. The molecular weight excluding hydrogens is 308 g/mol. The van der Waals surface area contributed by atoms with E-state index in [0.717, 1.165) is 13.2 Å². The van der Waals surface area contributed by atoms with E-state index >= 15 is 0 Å². The summed E-state index contributed by atoms with van der Waals surface area (Å²) in [4.78, 5) is 12.5. The van der Waals surface area contributed by atoms with Gasteiger partial charge in [0.15, 0.2) is 0 Å². The van der Waals surface area contributed by atoms with Crippen LogP contribution in [0.4, 0.5) is 0 Å². The maximum Gasteiger partial charge on any atom is 0.348 e. The number of halogens is 1. The largest absolute Gasteiger partial charge is 0.456 e. The van der Waals surface area contributed by atoms with E-state index in [9.17, 15) is 4.79 Å². The molecule has 0 spiro atoms. The predicted octanol–water partition coefficient (Wildman–Crippen LogP) is 4.68. The van der Waals surface area contributed by atoms with Crippen LogP contribution < -0.4 is 0 Å². The highest BCUT2D eigenvalue weighted by Gasteiger charge is 2.20. The lowest BCUT2D eigenvalue weighted by Crippen LogP contribution is -2.23. The summed E-state index contributed by atoms with van der Waals surface area (Å²) >= 11 is 6.54. The molecule has 0 aliphatic rings. The first kappa shape index (κ1) is 12.1. The normalized spacial score (nSPS) is 12.0. The molecule has 2 aromatic heterocycles. The third kappa shape index (κ3) is 2.64.